The summed E-state index contributed by atoms with van der Waals surface area (Å²) in [4.78, 5) is 23.3. The van der Waals surface area contributed by atoms with Gasteiger partial charge in [0.2, 0.25) is 0 Å². The average Bonchev–Trinajstić information content (AvgIpc) is 3.19. The molecule has 20 heavy (non-hydrogen) atoms. The molecule has 1 aliphatic rings. The van der Waals surface area contributed by atoms with Crippen LogP contribution >= 0.6 is 0 Å². The third-order valence-electron chi connectivity index (χ3n) is 3.40. The van der Waals surface area contributed by atoms with E-state index in [1.807, 2.05) is 20.8 Å². The SMILES string of the molecule is COc1c(N=O)cc(C(C)(C)C)cc1C(=O)NC1CC1. The number of nitrogens with zero attached hydrogens (tertiary/aromatic N) is 1. The van der Waals surface area contributed by atoms with E-state index in [1.54, 1.807) is 12.1 Å². The molecule has 0 aromatic heterocycles. The van der Waals surface area contributed by atoms with Crippen molar-refractivity contribution in [2.45, 2.75) is 45.1 Å². The van der Waals surface area contributed by atoms with Gasteiger partial charge in [0.1, 0.15) is 0 Å². The van der Waals surface area contributed by atoms with Crippen LogP contribution in [0.4, 0.5) is 5.69 Å². The highest BCUT2D eigenvalue weighted by Gasteiger charge is 2.28. The van der Waals surface area contributed by atoms with Crippen LogP contribution in [0.15, 0.2) is 17.3 Å². The molecular formula is C15H20N2O3. The van der Waals surface area contributed by atoms with E-state index in [0.717, 1.165) is 18.4 Å². The van der Waals surface area contributed by atoms with Crippen LogP contribution in [0.5, 0.6) is 5.75 Å². The predicted molar refractivity (Wildman–Crippen MR) is 77.6 cm³/mol. The minimum atomic E-state index is -0.208. The van der Waals surface area contributed by atoms with Gasteiger partial charge in [-0.2, -0.15) is 0 Å². The summed E-state index contributed by atoms with van der Waals surface area (Å²) in [5.74, 6) is 0.0338. The smallest absolute Gasteiger partial charge is 0.255 e. The number of nitroso groups, excluding NO2 is 1. The molecule has 1 aromatic carbocycles. The Labute approximate surface area is 118 Å². The largest absolute Gasteiger partial charge is 0.494 e. The van der Waals surface area contributed by atoms with Gasteiger partial charge in [0.05, 0.1) is 12.7 Å². The molecule has 1 fully saturated rings. The molecule has 2 rings (SSSR count). The molecule has 0 spiro atoms. The number of hydrogen-bond donors (Lipinski definition) is 1. The summed E-state index contributed by atoms with van der Waals surface area (Å²) in [7, 11) is 1.44. The number of methoxy groups -OCH3 is 1. The molecule has 0 aliphatic heterocycles. The Hall–Kier alpha value is -1.91. The van der Waals surface area contributed by atoms with Gasteiger partial charge in [-0.1, -0.05) is 20.8 Å². The van der Waals surface area contributed by atoms with Crippen LogP contribution < -0.4 is 10.1 Å². The summed E-state index contributed by atoms with van der Waals surface area (Å²) in [6.07, 6.45) is 2.01. The van der Waals surface area contributed by atoms with Gasteiger partial charge in [0, 0.05) is 6.04 Å². The second kappa shape index (κ2) is 5.23. The van der Waals surface area contributed by atoms with E-state index in [1.165, 1.54) is 7.11 Å². The number of rotatable bonds is 4. The molecule has 0 saturated heterocycles. The van der Waals surface area contributed by atoms with Crippen molar-refractivity contribution in [2.24, 2.45) is 5.18 Å². The summed E-state index contributed by atoms with van der Waals surface area (Å²) in [6, 6.07) is 3.71. The number of nitrogens with one attached hydrogen (secondary N) is 1. The Morgan fingerprint density at radius 2 is 2.00 bits per heavy atom. The standard InChI is InChI=1S/C15H20N2O3/c1-15(2,3)9-7-11(14(18)16-10-5-6-10)13(20-4)12(8-9)17-19/h7-8,10H,5-6H2,1-4H3,(H,16,18). The lowest BCUT2D eigenvalue weighted by molar-refractivity contribution is 0.0948. The third kappa shape index (κ3) is 2.98. The first-order chi connectivity index (χ1) is 9.36. The Morgan fingerprint density at radius 3 is 2.45 bits per heavy atom. The van der Waals surface area contributed by atoms with Crippen molar-refractivity contribution in [1.82, 2.24) is 5.32 Å². The fraction of sp³-hybridized carbons (Fsp3) is 0.533. The molecule has 1 aliphatic carbocycles. The van der Waals surface area contributed by atoms with E-state index in [9.17, 15) is 9.70 Å². The number of carbonyl (C=O) groups is 1. The van der Waals surface area contributed by atoms with Gasteiger partial charge in [-0.25, -0.2) is 0 Å². The Morgan fingerprint density at radius 1 is 1.35 bits per heavy atom. The lowest BCUT2D eigenvalue weighted by Gasteiger charge is -2.21. The number of amides is 1. The topological polar surface area (TPSA) is 67.8 Å². The van der Waals surface area contributed by atoms with Crippen molar-refractivity contribution in [3.8, 4) is 5.75 Å². The van der Waals surface area contributed by atoms with Gasteiger partial charge in [-0.15, -0.1) is 4.91 Å². The van der Waals surface area contributed by atoms with Gasteiger partial charge in [0.25, 0.3) is 5.91 Å². The first-order valence-corrected chi connectivity index (χ1v) is 6.73. The molecule has 5 nitrogen and oxygen atoms in total. The maximum Gasteiger partial charge on any atom is 0.255 e. The zero-order valence-corrected chi connectivity index (χ0v) is 12.3. The maximum atomic E-state index is 12.3. The summed E-state index contributed by atoms with van der Waals surface area (Å²) in [5, 5.41) is 5.91. The number of carbonyl (C=O) groups excluding carboxylic acids is 1. The quantitative estimate of drug-likeness (QED) is 0.858. The first kappa shape index (κ1) is 14.5. The second-order valence-electron chi connectivity index (χ2n) is 6.17. The van der Waals surface area contributed by atoms with Gasteiger partial charge in [-0.3, -0.25) is 4.79 Å². The Bertz CT molecular complexity index is 543. The van der Waals surface area contributed by atoms with Crippen LogP contribution in [0.3, 0.4) is 0 Å². The summed E-state index contributed by atoms with van der Waals surface area (Å²) < 4.78 is 5.20. The van der Waals surface area contributed by atoms with E-state index in [2.05, 4.69) is 10.5 Å². The van der Waals surface area contributed by atoms with Crippen LogP contribution in [0.1, 0.15) is 49.5 Å². The highest BCUT2D eigenvalue weighted by molar-refractivity contribution is 5.99. The number of benzene rings is 1. The molecule has 108 valence electrons. The maximum absolute atomic E-state index is 12.3. The molecule has 0 bridgehead atoms. The number of ether oxygens (including phenoxy) is 1. The van der Waals surface area contributed by atoms with Gasteiger partial charge < -0.3 is 10.1 Å². The van der Waals surface area contributed by atoms with Crippen molar-refractivity contribution in [2.75, 3.05) is 7.11 Å². The van der Waals surface area contributed by atoms with Crippen molar-refractivity contribution in [3.05, 3.63) is 28.2 Å². The molecule has 1 N–H and O–H groups in total. The van der Waals surface area contributed by atoms with Crippen LogP contribution in [-0.2, 0) is 5.41 Å². The van der Waals surface area contributed by atoms with E-state index in [0.29, 0.717) is 5.56 Å². The van der Waals surface area contributed by atoms with Crippen LogP contribution in [0, 0.1) is 4.91 Å². The lowest BCUT2D eigenvalue weighted by Crippen LogP contribution is -2.26. The molecule has 0 atom stereocenters. The first-order valence-electron chi connectivity index (χ1n) is 6.73. The fourth-order valence-electron chi connectivity index (χ4n) is 1.99. The lowest BCUT2D eigenvalue weighted by atomic mass is 9.85. The highest BCUT2D eigenvalue weighted by atomic mass is 16.5. The van der Waals surface area contributed by atoms with Gasteiger partial charge in [-0.05, 0) is 41.1 Å². The second-order valence-corrected chi connectivity index (χ2v) is 6.17. The Balaban J connectivity index is 2.50. The molecule has 0 unspecified atom stereocenters. The Kier molecular flexibility index (Phi) is 3.79. The van der Waals surface area contributed by atoms with E-state index in [-0.39, 0.29) is 28.8 Å². The predicted octanol–water partition coefficient (Wildman–Crippen LogP) is 3.28. The van der Waals surface area contributed by atoms with Crippen molar-refractivity contribution in [1.29, 1.82) is 0 Å². The van der Waals surface area contributed by atoms with Crippen molar-refractivity contribution >= 4 is 11.6 Å². The minimum Gasteiger partial charge on any atom is -0.494 e. The fourth-order valence-corrected chi connectivity index (χ4v) is 1.99. The zero-order chi connectivity index (χ0) is 14.9. The summed E-state index contributed by atoms with van der Waals surface area (Å²) in [5.41, 5.74) is 1.25. The average molecular weight is 276 g/mol. The molecule has 1 saturated carbocycles. The molecule has 1 amide bonds. The van der Waals surface area contributed by atoms with Crippen LogP contribution in [-0.4, -0.2) is 19.1 Å². The summed E-state index contributed by atoms with van der Waals surface area (Å²) >= 11 is 0. The van der Waals surface area contributed by atoms with E-state index < -0.39 is 0 Å². The monoisotopic (exact) mass is 276 g/mol. The van der Waals surface area contributed by atoms with Crippen molar-refractivity contribution < 1.29 is 9.53 Å². The van der Waals surface area contributed by atoms with E-state index in [4.69, 9.17) is 4.74 Å². The highest BCUT2D eigenvalue weighted by Crippen LogP contribution is 2.37. The van der Waals surface area contributed by atoms with Gasteiger partial charge in [0.15, 0.2) is 11.4 Å². The van der Waals surface area contributed by atoms with Gasteiger partial charge >= 0.3 is 0 Å². The normalized spacial score (nSPS) is 14.8. The molecule has 0 radical (unpaired) electrons. The number of hydrogen-bond acceptors (Lipinski definition) is 4. The minimum absolute atomic E-state index is 0.167. The molecule has 5 heteroatoms. The molecule has 1 aromatic rings. The summed E-state index contributed by atoms with van der Waals surface area (Å²) in [6.45, 7) is 6.06. The van der Waals surface area contributed by atoms with Crippen LogP contribution in [0.2, 0.25) is 0 Å². The zero-order valence-electron chi connectivity index (χ0n) is 12.3. The molecular weight excluding hydrogens is 256 g/mol. The van der Waals surface area contributed by atoms with Crippen LogP contribution in [0.25, 0.3) is 0 Å². The van der Waals surface area contributed by atoms with Crippen molar-refractivity contribution in [3.63, 3.8) is 0 Å². The third-order valence-corrected chi connectivity index (χ3v) is 3.40. The van der Waals surface area contributed by atoms with E-state index >= 15 is 0 Å². The molecule has 0 heterocycles.